The van der Waals surface area contributed by atoms with E-state index in [9.17, 15) is 28.1 Å². The smallest absolute Gasteiger partial charge is 0.325 e. The molecular weight excluding hydrogens is 411 g/mol. The number of H-pyrrole nitrogens is 1. The van der Waals surface area contributed by atoms with E-state index < -0.39 is 33.9 Å². The second kappa shape index (κ2) is 8.80. The van der Waals surface area contributed by atoms with Gasteiger partial charge < -0.3 is 5.32 Å². The fourth-order valence-corrected chi connectivity index (χ4v) is 3.84. The fourth-order valence-electron chi connectivity index (χ4n) is 3.23. The molecule has 0 bridgehead atoms. The minimum atomic E-state index is -4.85. The molecule has 1 aliphatic rings. The molecule has 8 nitrogen and oxygen atoms in total. The zero-order valence-corrected chi connectivity index (χ0v) is 16.0. The van der Waals surface area contributed by atoms with Crippen LogP contribution in [0.2, 0.25) is 0 Å². The summed E-state index contributed by atoms with van der Waals surface area (Å²) in [5.41, 5.74) is -2.52. The monoisotopic (exact) mass is 429 g/mol. The third kappa shape index (κ3) is 5.68. The summed E-state index contributed by atoms with van der Waals surface area (Å²) >= 11 is 0.993. The molecule has 3 rings (SSSR count). The lowest BCUT2D eigenvalue weighted by Gasteiger charge is -2.13. The minimum Gasteiger partial charge on any atom is -0.325 e. The van der Waals surface area contributed by atoms with Crippen LogP contribution in [0.15, 0.2) is 23.4 Å². The second-order valence-corrected chi connectivity index (χ2v) is 7.68. The van der Waals surface area contributed by atoms with Gasteiger partial charge in [0.15, 0.2) is 0 Å². The summed E-state index contributed by atoms with van der Waals surface area (Å²) < 4.78 is 39.5. The standard InChI is InChI=1S/C17H18F3N5O3S/c18-17(19,20)12-8-11(25(27)28)5-6-13(12)21-15(26)9-29-16-22-14(23-24-16)7-10-3-1-2-4-10/h5-6,8,10H,1-4,7,9H2,(H,21,26)(H,22,23,24). The number of amides is 1. The third-order valence-electron chi connectivity index (χ3n) is 4.59. The highest BCUT2D eigenvalue weighted by Gasteiger charge is 2.35. The Bertz CT molecular complexity index is 897. The molecule has 1 aliphatic carbocycles. The first-order chi connectivity index (χ1) is 13.7. The lowest BCUT2D eigenvalue weighted by Crippen LogP contribution is -2.18. The van der Waals surface area contributed by atoms with Gasteiger partial charge in [0.1, 0.15) is 5.82 Å². The van der Waals surface area contributed by atoms with Gasteiger partial charge in [0.05, 0.1) is 21.9 Å². The molecule has 2 N–H and O–H groups in total. The van der Waals surface area contributed by atoms with Crippen molar-refractivity contribution in [1.82, 2.24) is 15.2 Å². The SMILES string of the molecule is O=C(CSc1n[nH]c(CC2CCCC2)n1)Nc1ccc([N+](=O)[O-])cc1C(F)(F)F. The van der Waals surface area contributed by atoms with E-state index in [4.69, 9.17) is 0 Å². The number of nitro benzene ring substituents is 1. The highest BCUT2D eigenvalue weighted by atomic mass is 32.2. The molecule has 0 atom stereocenters. The largest absolute Gasteiger partial charge is 0.418 e. The number of nitrogens with one attached hydrogen (secondary N) is 2. The fraction of sp³-hybridized carbons (Fsp3) is 0.471. The zero-order valence-electron chi connectivity index (χ0n) is 15.2. The first kappa shape index (κ1) is 21.1. The molecule has 1 amide bonds. The summed E-state index contributed by atoms with van der Waals surface area (Å²) in [6.45, 7) is 0. The summed E-state index contributed by atoms with van der Waals surface area (Å²) in [6, 6.07) is 2.17. The number of hydrogen-bond acceptors (Lipinski definition) is 6. The van der Waals surface area contributed by atoms with E-state index in [1.54, 1.807) is 0 Å². The lowest BCUT2D eigenvalue weighted by atomic mass is 10.0. The van der Waals surface area contributed by atoms with E-state index >= 15 is 0 Å². The van der Waals surface area contributed by atoms with Gasteiger partial charge in [-0.25, -0.2) is 4.98 Å². The summed E-state index contributed by atoms with van der Waals surface area (Å²) in [5.74, 6) is 0.410. The normalized spacial score (nSPS) is 14.9. The number of carbonyl (C=O) groups excluding carboxylic acids is 1. The van der Waals surface area contributed by atoms with Gasteiger partial charge in [-0.3, -0.25) is 20.0 Å². The Morgan fingerprint density at radius 2 is 2.07 bits per heavy atom. The van der Waals surface area contributed by atoms with Gasteiger partial charge in [0, 0.05) is 18.6 Å². The molecule has 0 spiro atoms. The highest BCUT2D eigenvalue weighted by molar-refractivity contribution is 7.99. The number of aromatic nitrogens is 3. The number of anilines is 1. The van der Waals surface area contributed by atoms with E-state index in [-0.39, 0.29) is 5.75 Å². The molecule has 12 heteroatoms. The van der Waals surface area contributed by atoms with Gasteiger partial charge in [0.25, 0.3) is 5.69 Å². The van der Waals surface area contributed by atoms with Crippen LogP contribution >= 0.6 is 11.8 Å². The second-order valence-electron chi connectivity index (χ2n) is 6.74. The molecule has 1 saturated carbocycles. The van der Waals surface area contributed by atoms with Gasteiger partial charge in [-0.1, -0.05) is 37.4 Å². The number of non-ortho nitro benzene ring substituents is 1. The maximum atomic E-state index is 13.2. The Kier molecular flexibility index (Phi) is 6.40. The van der Waals surface area contributed by atoms with Gasteiger partial charge in [-0.15, -0.1) is 5.10 Å². The molecular formula is C17H18F3N5O3S. The van der Waals surface area contributed by atoms with Crippen molar-refractivity contribution in [2.45, 2.75) is 43.4 Å². The lowest BCUT2D eigenvalue weighted by molar-refractivity contribution is -0.385. The Labute approximate surface area is 167 Å². The first-order valence-corrected chi connectivity index (χ1v) is 9.90. The van der Waals surface area contributed by atoms with E-state index in [0.29, 0.717) is 17.1 Å². The Hall–Kier alpha value is -2.63. The van der Waals surface area contributed by atoms with Crippen LogP contribution in [0, 0.1) is 16.0 Å². The number of aromatic amines is 1. The van der Waals surface area contributed by atoms with Crippen LogP contribution in [0.3, 0.4) is 0 Å². The number of halogens is 3. The Balaban J connectivity index is 1.59. The van der Waals surface area contributed by atoms with Crippen LogP contribution in [0.1, 0.15) is 37.1 Å². The molecule has 1 fully saturated rings. The molecule has 0 unspecified atom stereocenters. The van der Waals surface area contributed by atoms with Crippen molar-refractivity contribution in [1.29, 1.82) is 0 Å². The molecule has 2 aromatic rings. The Morgan fingerprint density at radius 3 is 2.72 bits per heavy atom. The van der Waals surface area contributed by atoms with Crippen molar-refractivity contribution in [3.63, 3.8) is 0 Å². The number of carbonyl (C=O) groups is 1. The summed E-state index contributed by atoms with van der Waals surface area (Å²) in [6.07, 6.45) is 0.676. The number of benzene rings is 1. The van der Waals surface area contributed by atoms with Crippen LogP contribution in [0.25, 0.3) is 0 Å². The highest BCUT2D eigenvalue weighted by Crippen LogP contribution is 2.37. The van der Waals surface area contributed by atoms with Crippen LogP contribution in [-0.2, 0) is 17.4 Å². The van der Waals surface area contributed by atoms with Crippen molar-refractivity contribution >= 4 is 29.0 Å². The summed E-state index contributed by atoms with van der Waals surface area (Å²) in [5, 5.41) is 20.0. The van der Waals surface area contributed by atoms with E-state index in [0.717, 1.165) is 49.0 Å². The molecule has 1 heterocycles. The predicted molar refractivity (Wildman–Crippen MR) is 99.5 cm³/mol. The van der Waals surface area contributed by atoms with E-state index in [1.807, 2.05) is 0 Å². The van der Waals surface area contributed by atoms with Crippen LogP contribution in [0.5, 0.6) is 0 Å². The average Bonchev–Trinajstić information content (AvgIpc) is 3.31. The molecule has 0 saturated heterocycles. The molecule has 1 aromatic carbocycles. The maximum Gasteiger partial charge on any atom is 0.418 e. The number of rotatable bonds is 7. The average molecular weight is 429 g/mol. The van der Waals surface area contributed by atoms with E-state index in [2.05, 4.69) is 20.5 Å². The van der Waals surface area contributed by atoms with E-state index in [1.165, 1.54) is 12.8 Å². The quantitative estimate of drug-likeness (QED) is 0.387. The zero-order chi connectivity index (χ0) is 21.0. The van der Waals surface area contributed by atoms with Crippen LogP contribution in [0.4, 0.5) is 24.5 Å². The molecule has 1 aromatic heterocycles. The van der Waals surface area contributed by atoms with Gasteiger partial charge >= 0.3 is 6.18 Å². The number of nitro groups is 1. The van der Waals surface area contributed by atoms with Crippen molar-refractivity contribution in [3.05, 3.63) is 39.7 Å². The molecule has 0 aliphatic heterocycles. The summed E-state index contributed by atoms with van der Waals surface area (Å²) in [7, 11) is 0. The third-order valence-corrected chi connectivity index (χ3v) is 5.44. The van der Waals surface area contributed by atoms with Gasteiger partial charge in [0.2, 0.25) is 11.1 Å². The minimum absolute atomic E-state index is 0.199. The first-order valence-electron chi connectivity index (χ1n) is 8.92. The summed E-state index contributed by atoms with van der Waals surface area (Å²) in [4.78, 5) is 26.2. The molecule has 29 heavy (non-hydrogen) atoms. The predicted octanol–water partition coefficient (Wildman–Crippen LogP) is 4.20. The Morgan fingerprint density at radius 1 is 1.34 bits per heavy atom. The number of nitrogens with zero attached hydrogens (tertiary/aromatic N) is 3. The molecule has 0 radical (unpaired) electrons. The maximum absolute atomic E-state index is 13.2. The number of thioether (sulfide) groups is 1. The van der Waals surface area contributed by atoms with Crippen molar-refractivity contribution < 1.29 is 22.9 Å². The van der Waals surface area contributed by atoms with Gasteiger partial charge in [-0.05, 0) is 12.0 Å². The van der Waals surface area contributed by atoms with Crippen LogP contribution < -0.4 is 5.32 Å². The molecule has 156 valence electrons. The topological polar surface area (TPSA) is 114 Å². The van der Waals surface area contributed by atoms with Crippen LogP contribution in [-0.4, -0.2) is 31.8 Å². The number of alkyl halides is 3. The van der Waals surface area contributed by atoms with Gasteiger partial charge in [-0.2, -0.15) is 13.2 Å². The number of hydrogen-bond donors (Lipinski definition) is 2. The van der Waals surface area contributed by atoms with Crippen molar-refractivity contribution in [2.75, 3.05) is 11.1 Å². The van der Waals surface area contributed by atoms with Crippen molar-refractivity contribution in [3.8, 4) is 0 Å². The van der Waals surface area contributed by atoms with Crippen molar-refractivity contribution in [2.24, 2.45) is 5.92 Å².